The fourth-order valence-corrected chi connectivity index (χ4v) is 2.77. The van der Waals surface area contributed by atoms with Crippen molar-refractivity contribution in [1.29, 1.82) is 0 Å². The summed E-state index contributed by atoms with van der Waals surface area (Å²) < 4.78 is 92.7. The molecule has 0 spiro atoms. The molecule has 0 radical (unpaired) electrons. The maximum absolute atomic E-state index is 13.9. The van der Waals surface area contributed by atoms with Crippen molar-refractivity contribution in [2.24, 2.45) is 5.10 Å². The molecule has 0 saturated heterocycles. The number of benzene rings is 2. The zero-order chi connectivity index (χ0) is 20.8. The monoisotopic (exact) mass is 403 g/mol. The Labute approximate surface area is 153 Å². The second-order valence-electron chi connectivity index (χ2n) is 6.09. The SMILES string of the molecule is Cc1ccc2[nH]c(C)c(/C=N/Nc3c(F)c(F)c(C(F)(F)F)c(F)c3F)c2c1. The van der Waals surface area contributed by atoms with Crippen molar-refractivity contribution in [3.05, 3.63) is 63.9 Å². The van der Waals surface area contributed by atoms with E-state index < -0.39 is 40.7 Å². The van der Waals surface area contributed by atoms with Gasteiger partial charge in [-0.25, -0.2) is 17.6 Å². The molecule has 3 aromatic rings. The molecule has 148 valence electrons. The van der Waals surface area contributed by atoms with Crippen LogP contribution in [-0.2, 0) is 6.18 Å². The average Bonchev–Trinajstić information content (AvgIpc) is 2.90. The van der Waals surface area contributed by atoms with Gasteiger partial charge in [0.25, 0.3) is 0 Å². The van der Waals surface area contributed by atoms with E-state index in [1.807, 2.05) is 25.1 Å². The van der Waals surface area contributed by atoms with Gasteiger partial charge in [0.1, 0.15) is 11.3 Å². The molecule has 0 aliphatic carbocycles. The van der Waals surface area contributed by atoms with E-state index in [1.165, 1.54) is 0 Å². The Morgan fingerprint density at radius 2 is 1.57 bits per heavy atom. The third-order valence-corrected chi connectivity index (χ3v) is 4.11. The van der Waals surface area contributed by atoms with E-state index in [0.29, 0.717) is 11.3 Å². The first-order valence-electron chi connectivity index (χ1n) is 7.83. The molecule has 3 rings (SSSR count). The molecule has 1 aromatic heterocycles. The molecule has 0 unspecified atom stereocenters. The number of halogens is 7. The summed E-state index contributed by atoms with van der Waals surface area (Å²) in [6.07, 6.45) is -4.46. The number of aryl methyl sites for hydroxylation is 2. The van der Waals surface area contributed by atoms with Crippen LogP contribution in [0.2, 0.25) is 0 Å². The molecule has 0 aliphatic rings. The Kier molecular flexibility index (Phi) is 4.82. The lowest BCUT2D eigenvalue weighted by Gasteiger charge is -2.13. The van der Waals surface area contributed by atoms with Gasteiger partial charge in [-0.15, -0.1) is 0 Å². The molecule has 0 atom stereocenters. The average molecular weight is 403 g/mol. The van der Waals surface area contributed by atoms with E-state index in [0.717, 1.165) is 22.7 Å². The third kappa shape index (κ3) is 3.30. The fraction of sp³-hybridized carbons (Fsp3) is 0.167. The Morgan fingerprint density at radius 1 is 0.964 bits per heavy atom. The number of nitrogens with zero attached hydrogens (tertiary/aromatic N) is 1. The van der Waals surface area contributed by atoms with Crippen LogP contribution < -0.4 is 5.43 Å². The first-order valence-corrected chi connectivity index (χ1v) is 7.83. The van der Waals surface area contributed by atoms with E-state index in [9.17, 15) is 30.7 Å². The number of aromatic nitrogens is 1. The van der Waals surface area contributed by atoms with Crippen LogP contribution in [0.5, 0.6) is 0 Å². The van der Waals surface area contributed by atoms with Crippen LogP contribution in [-0.4, -0.2) is 11.2 Å². The molecule has 2 aromatic carbocycles. The highest BCUT2D eigenvalue weighted by Crippen LogP contribution is 2.38. The number of rotatable bonds is 3. The highest BCUT2D eigenvalue weighted by molar-refractivity contribution is 6.01. The molecule has 0 amide bonds. The summed E-state index contributed by atoms with van der Waals surface area (Å²) in [5.41, 5.74) is 0.505. The van der Waals surface area contributed by atoms with E-state index in [4.69, 9.17) is 0 Å². The van der Waals surface area contributed by atoms with Gasteiger partial charge in [0.05, 0.1) is 6.21 Å². The topological polar surface area (TPSA) is 40.2 Å². The fourth-order valence-electron chi connectivity index (χ4n) is 2.77. The van der Waals surface area contributed by atoms with Crippen molar-refractivity contribution in [2.75, 3.05) is 5.43 Å². The highest BCUT2D eigenvalue weighted by Gasteiger charge is 2.42. The number of alkyl halides is 3. The van der Waals surface area contributed by atoms with Crippen molar-refractivity contribution >= 4 is 22.8 Å². The number of hydrogen-bond donors (Lipinski definition) is 2. The molecule has 2 N–H and O–H groups in total. The second kappa shape index (κ2) is 6.84. The summed E-state index contributed by atoms with van der Waals surface area (Å²) in [5, 5.41) is 4.26. The van der Waals surface area contributed by atoms with Crippen LogP contribution >= 0.6 is 0 Å². The maximum Gasteiger partial charge on any atom is 0.422 e. The van der Waals surface area contributed by atoms with E-state index in [1.54, 1.807) is 12.3 Å². The molecular formula is C18H12F7N3. The lowest BCUT2D eigenvalue weighted by Crippen LogP contribution is -2.16. The minimum Gasteiger partial charge on any atom is -0.358 e. The highest BCUT2D eigenvalue weighted by atomic mass is 19.4. The summed E-state index contributed by atoms with van der Waals surface area (Å²) in [6.45, 7) is 3.55. The standard InChI is InChI=1S/C18H12F7N3/c1-7-3-4-11-9(5-7)10(8(2)27-11)6-26-28-17-15(21)13(19)12(18(23,24)25)14(20)16(17)22/h3-6,27-28H,1-2H3/b26-6+. The van der Waals surface area contributed by atoms with Crippen LogP contribution in [0.1, 0.15) is 22.4 Å². The number of aromatic amines is 1. The molecule has 1 heterocycles. The molecule has 10 heteroatoms. The number of hydrazone groups is 1. The summed E-state index contributed by atoms with van der Waals surface area (Å²) in [4.78, 5) is 3.06. The smallest absolute Gasteiger partial charge is 0.358 e. The van der Waals surface area contributed by atoms with Gasteiger partial charge in [0, 0.05) is 22.2 Å². The van der Waals surface area contributed by atoms with Crippen molar-refractivity contribution in [3.63, 3.8) is 0 Å². The first kappa shape index (κ1) is 19.7. The summed E-state index contributed by atoms with van der Waals surface area (Å²) in [7, 11) is 0. The number of anilines is 1. The van der Waals surface area contributed by atoms with Crippen molar-refractivity contribution in [3.8, 4) is 0 Å². The van der Waals surface area contributed by atoms with Crippen molar-refractivity contribution in [1.82, 2.24) is 4.98 Å². The zero-order valence-corrected chi connectivity index (χ0v) is 14.4. The zero-order valence-electron chi connectivity index (χ0n) is 14.4. The minimum absolute atomic E-state index is 0.528. The van der Waals surface area contributed by atoms with Crippen LogP contribution in [0.25, 0.3) is 10.9 Å². The molecule has 0 bridgehead atoms. The lowest BCUT2D eigenvalue weighted by atomic mass is 10.1. The molecule has 0 aliphatic heterocycles. The maximum atomic E-state index is 13.9. The summed E-state index contributed by atoms with van der Waals surface area (Å²) in [6, 6.07) is 5.48. The number of H-pyrrole nitrogens is 1. The van der Waals surface area contributed by atoms with E-state index >= 15 is 0 Å². The Morgan fingerprint density at radius 3 is 2.14 bits per heavy atom. The minimum atomic E-state index is -5.60. The normalized spacial score (nSPS) is 12.3. The number of hydrogen-bond acceptors (Lipinski definition) is 2. The van der Waals surface area contributed by atoms with E-state index in [-0.39, 0.29) is 0 Å². The molecule has 28 heavy (non-hydrogen) atoms. The molecular weight excluding hydrogens is 391 g/mol. The van der Waals surface area contributed by atoms with Gasteiger partial charge in [-0.2, -0.15) is 18.3 Å². The summed E-state index contributed by atoms with van der Waals surface area (Å²) in [5.74, 6) is -9.56. The number of fused-ring (bicyclic) bond motifs is 1. The van der Waals surface area contributed by atoms with Crippen LogP contribution in [0.3, 0.4) is 0 Å². The first-order chi connectivity index (χ1) is 13.0. The Bertz CT molecular complexity index is 1070. The molecule has 0 fully saturated rings. The van der Waals surface area contributed by atoms with Gasteiger partial charge in [-0.3, -0.25) is 5.43 Å². The van der Waals surface area contributed by atoms with Gasteiger partial charge in [-0.05, 0) is 26.0 Å². The van der Waals surface area contributed by atoms with Crippen molar-refractivity contribution in [2.45, 2.75) is 20.0 Å². The number of nitrogens with one attached hydrogen (secondary N) is 2. The molecule has 0 saturated carbocycles. The second-order valence-corrected chi connectivity index (χ2v) is 6.09. The van der Waals surface area contributed by atoms with Gasteiger partial charge >= 0.3 is 6.18 Å². The third-order valence-electron chi connectivity index (χ3n) is 4.11. The Hall–Kier alpha value is -3.04. The largest absolute Gasteiger partial charge is 0.422 e. The predicted octanol–water partition coefficient (Wildman–Crippen LogP) is 5.81. The van der Waals surface area contributed by atoms with Crippen LogP contribution in [0.4, 0.5) is 36.4 Å². The molecule has 3 nitrogen and oxygen atoms in total. The quantitative estimate of drug-likeness (QED) is 0.247. The van der Waals surface area contributed by atoms with Gasteiger partial charge in [0.15, 0.2) is 23.3 Å². The summed E-state index contributed by atoms with van der Waals surface area (Å²) >= 11 is 0. The van der Waals surface area contributed by atoms with Crippen LogP contribution in [0.15, 0.2) is 23.3 Å². The predicted molar refractivity (Wildman–Crippen MR) is 90.3 cm³/mol. The van der Waals surface area contributed by atoms with Gasteiger partial charge in [-0.1, -0.05) is 11.6 Å². The Balaban J connectivity index is 2.00. The van der Waals surface area contributed by atoms with E-state index in [2.05, 4.69) is 10.1 Å². The van der Waals surface area contributed by atoms with Gasteiger partial charge in [0.2, 0.25) is 0 Å². The van der Waals surface area contributed by atoms with Crippen LogP contribution in [0, 0.1) is 37.1 Å². The lowest BCUT2D eigenvalue weighted by molar-refractivity contribution is -0.143. The van der Waals surface area contributed by atoms with Crippen molar-refractivity contribution < 1.29 is 30.7 Å². The van der Waals surface area contributed by atoms with Gasteiger partial charge < -0.3 is 4.98 Å².